The molecule has 0 saturated carbocycles. The molecule has 0 aromatic heterocycles. The van der Waals surface area contributed by atoms with E-state index in [0.29, 0.717) is 13.0 Å². The molecule has 2 bridgehead atoms. The highest BCUT2D eigenvalue weighted by atomic mass is 16.5. The number of benzene rings is 1. The lowest BCUT2D eigenvalue weighted by molar-refractivity contribution is -0.148. The maximum absolute atomic E-state index is 12.7. The summed E-state index contributed by atoms with van der Waals surface area (Å²) in [5, 5.41) is 0. The van der Waals surface area contributed by atoms with Gasteiger partial charge in [-0.3, -0.25) is 14.5 Å². The number of Topliss-reactive ketones (excluding diaryl/α,β-unsaturated/α-hetero) is 1. The maximum Gasteiger partial charge on any atom is 0.310 e. The Hall–Kier alpha value is -1.94. The van der Waals surface area contributed by atoms with Crippen LogP contribution in [0.25, 0.3) is 5.57 Å². The van der Waals surface area contributed by atoms with E-state index in [1.807, 2.05) is 48.4 Å². The molecule has 0 aliphatic carbocycles. The number of esters is 1. The average molecular weight is 285 g/mol. The predicted octanol–water partition coefficient (Wildman–Crippen LogP) is 1.90. The largest absolute Gasteiger partial charge is 0.466 e. The molecule has 110 valence electrons. The zero-order valence-electron chi connectivity index (χ0n) is 12.3. The molecule has 1 fully saturated rings. The number of fused-ring (bicyclic) bond motifs is 2. The second kappa shape index (κ2) is 5.45. The molecule has 0 amide bonds. The molecular weight excluding hydrogens is 266 g/mol. The Balaban J connectivity index is 1.95. The fraction of sp³-hybridized carbons (Fsp3) is 0.412. The van der Waals surface area contributed by atoms with Gasteiger partial charge in [0.1, 0.15) is 0 Å². The van der Waals surface area contributed by atoms with Gasteiger partial charge in [0.05, 0.1) is 18.6 Å². The van der Waals surface area contributed by atoms with Crippen LogP contribution in [0.5, 0.6) is 0 Å². The monoisotopic (exact) mass is 285 g/mol. The molecule has 1 aromatic carbocycles. The Morgan fingerprint density at radius 1 is 1.33 bits per heavy atom. The highest BCUT2D eigenvalue weighted by Crippen LogP contribution is 2.39. The summed E-state index contributed by atoms with van der Waals surface area (Å²) < 4.78 is 5.15. The quantitative estimate of drug-likeness (QED) is 0.796. The topological polar surface area (TPSA) is 46.6 Å². The van der Waals surface area contributed by atoms with Crippen molar-refractivity contribution < 1.29 is 14.3 Å². The molecule has 21 heavy (non-hydrogen) atoms. The lowest BCUT2D eigenvalue weighted by Crippen LogP contribution is -2.42. The van der Waals surface area contributed by atoms with Crippen molar-refractivity contribution >= 4 is 17.3 Å². The first-order valence-corrected chi connectivity index (χ1v) is 7.33. The van der Waals surface area contributed by atoms with Crippen LogP contribution in [0, 0.1) is 5.92 Å². The van der Waals surface area contributed by atoms with Crippen molar-refractivity contribution in [3.8, 4) is 0 Å². The number of ketones is 1. The molecule has 0 unspecified atom stereocenters. The van der Waals surface area contributed by atoms with Crippen molar-refractivity contribution in [2.75, 3.05) is 13.7 Å². The van der Waals surface area contributed by atoms with Crippen LogP contribution in [-0.4, -0.2) is 42.4 Å². The Kier molecular flexibility index (Phi) is 3.64. The van der Waals surface area contributed by atoms with Gasteiger partial charge in [-0.25, -0.2) is 0 Å². The van der Waals surface area contributed by atoms with Gasteiger partial charge in [0.15, 0.2) is 5.78 Å². The third-order valence-electron chi connectivity index (χ3n) is 4.43. The number of hydrogen-bond donors (Lipinski definition) is 0. The summed E-state index contributed by atoms with van der Waals surface area (Å²) in [7, 11) is 1.91. The van der Waals surface area contributed by atoms with E-state index in [2.05, 4.69) is 0 Å². The van der Waals surface area contributed by atoms with Gasteiger partial charge in [0.2, 0.25) is 0 Å². The summed E-state index contributed by atoms with van der Waals surface area (Å²) in [6, 6.07) is 9.38. The van der Waals surface area contributed by atoms with Crippen molar-refractivity contribution in [3.05, 3.63) is 42.0 Å². The summed E-state index contributed by atoms with van der Waals surface area (Å²) in [5.74, 6) is -0.341. The van der Waals surface area contributed by atoms with Crippen molar-refractivity contribution in [2.45, 2.75) is 25.4 Å². The first-order chi connectivity index (χ1) is 10.1. The average Bonchev–Trinajstić information content (AvgIpc) is 2.72. The van der Waals surface area contributed by atoms with E-state index < -0.39 is 0 Å². The number of ether oxygens (including phenoxy) is 1. The molecule has 4 heteroatoms. The van der Waals surface area contributed by atoms with Crippen LogP contribution in [0.1, 0.15) is 18.9 Å². The summed E-state index contributed by atoms with van der Waals surface area (Å²) >= 11 is 0. The minimum atomic E-state index is -0.245. The van der Waals surface area contributed by atoms with E-state index in [4.69, 9.17) is 4.74 Å². The van der Waals surface area contributed by atoms with Gasteiger partial charge < -0.3 is 4.74 Å². The van der Waals surface area contributed by atoms with Crippen LogP contribution < -0.4 is 0 Å². The van der Waals surface area contributed by atoms with Gasteiger partial charge in [-0.2, -0.15) is 0 Å². The molecule has 2 heterocycles. The molecule has 4 nitrogen and oxygen atoms in total. The molecule has 3 atom stereocenters. The summed E-state index contributed by atoms with van der Waals surface area (Å²) in [6.07, 6.45) is 2.48. The molecule has 3 rings (SSSR count). The van der Waals surface area contributed by atoms with Gasteiger partial charge in [0, 0.05) is 11.6 Å². The highest BCUT2D eigenvalue weighted by Gasteiger charge is 2.49. The third-order valence-corrected chi connectivity index (χ3v) is 4.43. The van der Waals surface area contributed by atoms with E-state index in [1.54, 1.807) is 6.92 Å². The van der Waals surface area contributed by atoms with E-state index in [1.165, 1.54) is 0 Å². The van der Waals surface area contributed by atoms with E-state index in [9.17, 15) is 9.59 Å². The first-order valence-electron chi connectivity index (χ1n) is 7.33. The number of carbonyl (C=O) groups is 2. The lowest BCUT2D eigenvalue weighted by Gasteiger charge is -2.30. The fourth-order valence-electron chi connectivity index (χ4n) is 3.34. The van der Waals surface area contributed by atoms with Crippen LogP contribution in [0.15, 0.2) is 36.4 Å². The minimum Gasteiger partial charge on any atom is -0.466 e. The smallest absolute Gasteiger partial charge is 0.310 e. The van der Waals surface area contributed by atoms with E-state index >= 15 is 0 Å². The summed E-state index contributed by atoms with van der Waals surface area (Å²) in [4.78, 5) is 26.7. The zero-order valence-corrected chi connectivity index (χ0v) is 12.3. The number of rotatable bonds is 3. The van der Waals surface area contributed by atoms with Gasteiger partial charge in [-0.05, 0) is 26.0 Å². The standard InChI is InChI=1S/C17H19NO3/c1-3-21-17(20)13-10-15-16(19)12(9-14(13)18(15)2)11-7-5-4-6-8-11/h4-9,13-15H,3,10H2,1-2H3/t13-,14+,15-/m1/s1. The highest BCUT2D eigenvalue weighted by molar-refractivity contribution is 6.24. The van der Waals surface area contributed by atoms with Crippen molar-refractivity contribution in [1.29, 1.82) is 0 Å². The minimum absolute atomic E-state index is 0.0537. The second-order valence-corrected chi connectivity index (χ2v) is 5.58. The molecule has 2 aliphatic heterocycles. The molecule has 2 aliphatic rings. The van der Waals surface area contributed by atoms with Crippen LogP contribution in [0.3, 0.4) is 0 Å². The number of carbonyl (C=O) groups excluding carboxylic acids is 2. The van der Waals surface area contributed by atoms with Gasteiger partial charge in [-0.15, -0.1) is 0 Å². The number of hydrogen-bond acceptors (Lipinski definition) is 4. The maximum atomic E-state index is 12.7. The Labute approximate surface area is 124 Å². The molecule has 0 N–H and O–H groups in total. The Morgan fingerprint density at radius 3 is 2.71 bits per heavy atom. The second-order valence-electron chi connectivity index (χ2n) is 5.58. The fourth-order valence-corrected chi connectivity index (χ4v) is 3.34. The summed E-state index contributed by atoms with van der Waals surface area (Å²) in [5.41, 5.74) is 1.66. The third kappa shape index (κ3) is 2.29. The van der Waals surface area contributed by atoms with E-state index in [-0.39, 0.29) is 29.8 Å². The Bertz CT molecular complexity index is 593. The van der Waals surface area contributed by atoms with Gasteiger partial charge >= 0.3 is 5.97 Å². The summed E-state index contributed by atoms with van der Waals surface area (Å²) in [6.45, 7) is 2.18. The molecule has 1 aromatic rings. The zero-order chi connectivity index (χ0) is 15.0. The van der Waals surface area contributed by atoms with E-state index in [0.717, 1.165) is 11.1 Å². The van der Waals surface area contributed by atoms with Crippen LogP contribution in [0.4, 0.5) is 0 Å². The van der Waals surface area contributed by atoms with Crippen molar-refractivity contribution in [1.82, 2.24) is 4.90 Å². The van der Waals surface area contributed by atoms with Crippen LogP contribution in [-0.2, 0) is 14.3 Å². The first kappa shape index (κ1) is 14.0. The lowest BCUT2D eigenvalue weighted by atomic mass is 9.93. The Morgan fingerprint density at radius 2 is 2.05 bits per heavy atom. The van der Waals surface area contributed by atoms with Gasteiger partial charge in [0.25, 0.3) is 0 Å². The SMILES string of the molecule is CCOC(=O)[C@@H]1C[C@@H]2C(=O)C(c3ccccc3)=C[C@@H]1N2C. The van der Waals surface area contributed by atoms with Gasteiger partial charge in [-0.1, -0.05) is 36.4 Å². The van der Waals surface area contributed by atoms with Crippen molar-refractivity contribution in [2.24, 2.45) is 5.92 Å². The predicted molar refractivity (Wildman–Crippen MR) is 79.5 cm³/mol. The molecular formula is C17H19NO3. The molecule has 0 radical (unpaired) electrons. The number of nitrogens with zero attached hydrogens (tertiary/aromatic N) is 1. The molecule has 0 spiro atoms. The van der Waals surface area contributed by atoms with Crippen molar-refractivity contribution in [3.63, 3.8) is 0 Å². The number of likely N-dealkylation sites (N-methyl/N-ethyl adjacent to an activating group) is 1. The van der Waals surface area contributed by atoms with Crippen LogP contribution in [0.2, 0.25) is 0 Å². The van der Waals surface area contributed by atoms with Crippen LogP contribution >= 0.6 is 0 Å². The molecule has 1 saturated heterocycles. The normalized spacial score (nSPS) is 28.4.